The van der Waals surface area contributed by atoms with Crippen molar-refractivity contribution in [1.82, 2.24) is 15.4 Å². The lowest BCUT2D eigenvalue weighted by Gasteiger charge is -2.32. The molecule has 0 bridgehead atoms. The smallest absolute Gasteiger partial charge is 0.273 e. The van der Waals surface area contributed by atoms with Crippen LogP contribution in [0.2, 0.25) is 0 Å². The van der Waals surface area contributed by atoms with E-state index < -0.39 is 0 Å². The molecule has 0 radical (unpaired) electrons. The van der Waals surface area contributed by atoms with Gasteiger partial charge in [0.2, 0.25) is 5.91 Å². The van der Waals surface area contributed by atoms with E-state index in [2.05, 4.69) is 10.5 Å². The first-order valence-corrected chi connectivity index (χ1v) is 9.79. The van der Waals surface area contributed by atoms with Crippen LogP contribution in [0.4, 0.5) is 0 Å². The maximum atomic E-state index is 12.8. The summed E-state index contributed by atoms with van der Waals surface area (Å²) in [6.45, 7) is 5.02. The molecule has 7 heteroatoms. The SMILES string of the molecule is CCN(C[C@H](C)NC(=O)c1cc(C2CC2)on1)C(=O)C1CCC(N)CC1. The van der Waals surface area contributed by atoms with Gasteiger partial charge in [-0.15, -0.1) is 0 Å². The quantitative estimate of drug-likeness (QED) is 0.773. The van der Waals surface area contributed by atoms with E-state index in [1.165, 1.54) is 0 Å². The molecular formula is C19H30N4O3. The van der Waals surface area contributed by atoms with Crippen molar-refractivity contribution in [3.63, 3.8) is 0 Å². The molecule has 0 aromatic carbocycles. The summed E-state index contributed by atoms with van der Waals surface area (Å²) >= 11 is 0. The van der Waals surface area contributed by atoms with E-state index in [0.29, 0.717) is 24.7 Å². The van der Waals surface area contributed by atoms with Crippen LogP contribution in [0.1, 0.15) is 74.5 Å². The highest BCUT2D eigenvalue weighted by atomic mass is 16.5. The van der Waals surface area contributed by atoms with Crippen molar-refractivity contribution in [3.8, 4) is 0 Å². The number of nitrogens with zero attached hydrogens (tertiary/aromatic N) is 2. The Morgan fingerprint density at radius 3 is 2.62 bits per heavy atom. The number of carbonyl (C=O) groups is 2. The van der Waals surface area contributed by atoms with Gasteiger partial charge in [-0.3, -0.25) is 9.59 Å². The van der Waals surface area contributed by atoms with E-state index in [4.69, 9.17) is 10.3 Å². The van der Waals surface area contributed by atoms with Gasteiger partial charge in [0.05, 0.1) is 0 Å². The third-order valence-corrected chi connectivity index (χ3v) is 5.43. The fourth-order valence-electron chi connectivity index (χ4n) is 3.63. The van der Waals surface area contributed by atoms with Gasteiger partial charge in [-0.1, -0.05) is 5.16 Å². The zero-order chi connectivity index (χ0) is 18.7. The number of carbonyl (C=O) groups excluding carboxylic acids is 2. The van der Waals surface area contributed by atoms with Gasteiger partial charge in [0.25, 0.3) is 5.91 Å². The Hall–Kier alpha value is -1.89. The second-order valence-electron chi connectivity index (χ2n) is 7.75. The van der Waals surface area contributed by atoms with Crippen molar-refractivity contribution in [2.75, 3.05) is 13.1 Å². The van der Waals surface area contributed by atoms with Crippen molar-refractivity contribution in [2.45, 2.75) is 70.4 Å². The van der Waals surface area contributed by atoms with Gasteiger partial charge in [0, 0.05) is 43.1 Å². The molecule has 2 fully saturated rings. The lowest BCUT2D eigenvalue weighted by Crippen LogP contribution is -2.47. The molecule has 26 heavy (non-hydrogen) atoms. The van der Waals surface area contributed by atoms with E-state index >= 15 is 0 Å². The molecule has 3 rings (SSSR count). The number of rotatable bonds is 7. The summed E-state index contributed by atoms with van der Waals surface area (Å²) in [5.41, 5.74) is 6.25. The molecule has 0 saturated heterocycles. The molecule has 0 unspecified atom stereocenters. The molecule has 2 saturated carbocycles. The average molecular weight is 362 g/mol. The Morgan fingerprint density at radius 1 is 1.31 bits per heavy atom. The van der Waals surface area contributed by atoms with E-state index in [0.717, 1.165) is 44.3 Å². The Kier molecular flexibility index (Phi) is 5.96. The van der Waals surface area contributed by atoms with Gasteiger partial charge in [-0.2, -0.15) is 0 Å². The molecule has 7 nitrogen and oxygen atoms in total. The van der Waals surface area contributed by atoms with Crippen LogP contribution in [0, 0.1) is 5.92 Å². The summed E-state index contributed by atoms with van der Waals surface area (Å²) in [5, 5.41) is 6.79. The normalized spacial score (nSPS) is 24.1. The van der Waals surface area contributed by atoms with Crippen LogP contribution in [-0.4, -0.2) is 47.0 Å². The molecule has 2 amide bonds. The van der Waals surface area contributed by atoms with E-state index in [-0.39, 0.29) is 29.8 Å². The number of nitrogens with two attached hydrogens (primary N) is 1. The predicted molar refractivity (Wildman–Crippen MR) is 97.6 cm³/mol. The van der Waals surface area contributed by atoms with Crippen LogP contribution in [0.25, 0.3) is 0 Å². The average Bonchev–Trinajstić information content (AvgIpc) is 3.36. The Bertz CT molecular complexity index is 632. The first-order valence-electron chi connectivity index (χ1n) is 9.79. The molecule has 3 N–H and O–H groups in total. The summed E-state index contributed by atoms with van der Waals surface area (Å²) < 4.78 is 5.23. The fourth-order valence-corrected chi connectivity index (χ4v) is 3.63. The Morgan fingerprint density at radius 2 is 2.00 bits per heavy atom. The van der Waals surface area contributed by atoms with Gasteiger partial charge >= 0.3 is 0 Å². The van der Waals surface area contributed by atoms with Crippen molar-refractivity contribution < 1.29 is 14.1 Å². The molecular weight excluding hydrogens is 332 g/mol. The largest absolute Gasteiger partial charge is 0.360 e. The minimum atomic E-state index is -0.250. The van der Waals surface area contributed by atoms with Gasteiger partial charge in [0.1, 0.15) is 5.76 Å². The van der Waals surface area contributed by atoms with E-state index in [9.17, 15) is 9.59 Å². The fraction of sp³-hybridized carbons (Fsp3) is 0.737. The molecule has 2 aliphatic carbocycles. The molecule has 1 atom stereocenters. The minimum Gasteiger partial charge on any atom is -0.360 e. The predicted octanol–water partition coefficient (Wildman–Crippen LogP) is 2.04. The maximum Gasteiger partial charge on any atom is 0.273 e. The number of nitrogens with one attached hydrogen (secondary N) is 1. The monoisotopic (exact) mass is 362 g/mol. The third-order valence-electron chi connectivity index (χ3n) is 5.43. The first-order chi connectivity index (χ1) is 12.5. The number of hydrogen-bond donors (Lipinski definition) is 2. The zero-order valence-electron chi connectivity index (χ0n) is 15.7. The molecule has 1 aromatic rings. The second-order valence-corrected chi connectivity index (χ2v) is 7.75. The van der Waals surface area contributed by atoms with Crippen LogP contribution in [-0.2, 0) is 4.79 Å². The standard InChI is InChI=1S/C19H30N4O3/c1-3-23(19(25)14-6-8-15(20)9-7-14)11-12(2)21-18(24)16-10-17(26-22-16)13-4-5-13/h10,12-15H,3-9,11,20H2,1-2H3,(H,21,24)/t12-,14?,15?/m0/s1. The number of hydrogen-bond acceptors (Lipinski definition) is 5. The topological polar surface area (TPSA) is 101 Å². The first kappa shape index (κ1) is 18.9. The number of aromatic nitrogens is 1. The summed E-state index contributed by atoms with van der Waals surface area (Å²) in [7, 11) is 0. The van der Waals surface area contributed by atoms with Crippen LogP contribution in [0.3, 0.4) is 0 Å². The van der Waals surface area contributed by atoms with Crippen molar-refractivity contribution in [3.05, 3.63) is 17.5 Å². The highest BCUT2D eigenvalue weighted by Gasteiger charge is 2.30. The van der Waals surface area contributed by atoms with Crippen LogP contribution in [0.5, 0.6) is 0 Å². The maximum absolute atomic E-state index is 12.8. The van der Waals surface area contributed by atoms with E-state index in [1.807, 2.05) is 18.7 Å². The molecule has 2 aliphatic rings. The summed E-state index contributed by atoms with van der Waals surface area (Å²) in [6, 6.07) is 1.81. The molecule has 1 aromatic heterocycles. The highest BCUT2D eigenvalue weighted by molar-refractivity contribution is 5.92. The molecule has 1 heterocycles. The summed E-state index contributed by atoms with van der Waals surface area (Å²) in [5.74, 6) is 1.22. The number of amides is 2. The van der Waals surface area contributed by atoms with Crippen LogP contribution < -0.4 is 11.1 Å². The van der Waals surface area contributed by atoms with Crippen molar-refractivity contribution in [1.29, 1.82) is 0 Å². The van der Waals surface area contributed by atoms with Crippen molar-refractivity contribution >= 4 is 11.8 Å². The van der Waals surface area contributed by atoms with Crippen LogP contribution in [0.15, 0.2) is 10.6 Å². The van der Waals surface area contributed by atoms with Crippen LogP contribution >= 0.6 is 0 Å². The molecule has 0 spiro atoms. The van der Waals surface area contributed by atoms with Crippen molar-refractivity contribution in [2.24, 2.45) is 11.7 Å². The van der Waals surface area contributed by atoms with Gasteiger partial charge in [0.15, 0.2) is 5.69 Å². The zero-order valence-corrected chi connectivity index (χ0v) is 15.7. The lowest BCUT2D eigenvalue weighted by molar-refractivity contribution is -0.136. The van der Waals surface area contributed by atoms with Gasteiger partial charge in [-0.25, -0.2) is 0 Å². The second kappa shape index (κ2) is 8.20. The number of likely N-dealkylation sites (N-methyl/N-ethyl adjacent to an activating group) is 1. The Labute approximate surface area is 154 Å². The summed E-state index contributed by atoms with van der Waals surface area (Å²) in [4.78, 5) is 26.9. The third kappa shape index (κ3) is 4.63. The molecule has 144 valence electrons. The highest BCUT2D eigenvalue weighted by Crippen LogP contribution is 2.40. The Balaban J connectivity index is 1.50. The minimum absolute atomic E-state index is 0.0642. The summed E-state index contributed by atoms with van der Waals surface area (Å²) in [6.07, 6.45) is 5.75. The van der Waals surface area contributed by atoms with Gasteiger partial charge in [-0.05, 0) is 52.4 Å². The molecule has 0 aliphatic heterocycles. The van der Waals surface area contributed by atoms with Gasteiger partial charge < -0.3 is 20.5 Å². The van der Waals surface area contributed by atoms with E-state index in [1.54, 1.807) is 6.07 Å². The lowest BCUT2D eigenvalue weighted by atomic mass is 9.85.